The van der Waals surface area contributed by atoms with Crippen molar-refractivity contribution < 1.29 is 13.2 Å². The summed E-state index contributed by atoms with van der Waals surface area (Å²) in [6.45, 7) is 0. The number of anilines is 2. The fraction of sp³-hybridized carbons (Fsp3) is 0.105. The number of aromatic nitrogens is 1. The van der Waals surface area contributed by atoms with Crippen molar-refractivity contribution in [3.05, 3.63) is 71.2 Å². The van der Waals surface area contributed by atoms with Crippen molar-refractivity contribution in [2.45, 2.75) is 10.6 Å². The molecule has 1 aromatic heterocycles. The monoisotopic (exact) mass is 444 g/mol. The molecule has 0 spiro atoms. The number of nitrogens with zero attached hydrogens (tertiary/aromatic N) is 2. The number of hydrogen-bond donors (Lipinski definition) is 2. The van der Waals surface area contributed by atoms with Crippen LogP contribution in [0, 0.1) is 11.3 Å². The first-order valence-corrected chi connectivity index (χ1v) is 11.9. The van der Waals surface area contributed by atoms with E-state index in [1.165, 1.54) is 41.4 Å². The second-order valence-corrected chi connectivity index (χ2v) is 9.38. The highest BCUT2D eigenvalue weighted by Gasteiger charge is 2.15. The fourth-order valence-electron chi connectivity index (χ4n) is 2.30. The summed E-state index contributed by atoms with van der Waals surface area (Å²) in [5, 5.41) is 13.5. The number of thioether (sulfide) groups is 1. The first-order valence-electron chi connectivity index (χ1n) is 8.35. The molecule has 148 valence electrons. The first kappa shape index (κ1) is 20.9. The number of carbonyl (C=O) groups excluding carboxylic acids is 1. The zero-order valence-electron chi connectivity index (χ0n) is 15.0. The van der Waals surface area contributed by atoms with Gasteiger partial charge in [0.15, 0.2) is 5.13 Å². The molecule has 0 aliphatic rings. The molecule has 1 amide bonds. The molecule has 2 aromatic carbocycles. The lowest BCUT2D eigenvalue weighted by molar-refractivity contribution is -0.113. The minimum atomic E-state index is -3.72. The number of sulfonamides is 1. The number of benzene rings is 2. The Labute approximate surface area is 176 Å². The van der Waals surface area contributed by atoms with Gasteiger partial charge in [-0.15, -0.1) is 23.1 Å². The zero-order chi connectivity index (χ0) is 20.7. The normalized spacial score (nSPS) is 10.9. The van der Waals surface area contributed by atoms with Gasteiger partial charge in [-0.3, -0.25) is 9.52 Å². The predicted molar refractivity (Wildman–Crippen MR) is 115 cm³/mol. The Bertz CT molecular complexity index is 1110. The van der Waals surface area contributed by atoms with E-state index in [4.69, 9.17) is 5.26 Å². The van der Waals surface area contributed by atoms with Crippen LogP contribution < -0.4 is 10.0 Å². The Hall–Kier alpha value is -2.87. The van der Waals surface area contributed by atoms with Gasteiger partial charge in [-0.1, -0.05) is 12.1 Å². The Balaban J connectivity index is 1.49. The Morgan fingerprint density at radius 2 is 1.86 bits per heavy atom. The average Bonchev–Trinajstić information content (AvgIpc) is 3.21. The van der Waals surface area contributed by atoms with E-state index in [-0.39, 0.29) is 16.6 Å². The molecule has 0 atom stereocenters. The molecule has 1 heterocycles. The van der Waals surface area contributed by atoms with Gasteiger partial charge in [0.2, 0.25) is 5.91 Å². The second kappa shape index (κ2) is 9.56. The molecule has 0 radical (unpaired) electrons. The lowest BCUT2D eigenvalue weighted by Gasteiger charge is -2.08. The van der Waals surface area contributed by atoms with Crippen LogP contribution in [0.5, 0.6) is 0 Å². The van der Waals surface area contributed by atoms with E-state index in [1.54, 1.807) is 29.6 Å². The van der Waals surface area contributed by atoms with Gasteiger partial charge in [0.05, 0.1) is 22.3 Å². The average molecular weight is 445 g/mol. The van der Waals surface area contributed by atoms with E-state index < -0.39 is 10.0 Å². The van der Waals surface area contributed by atoms with Crippen molar-refractivity contribution in [2.75, 3.05) is 15.8 Å². The maximum absolute atomic E-state index is 12.3. The molecule has 0 bridgehead atoms. The summed E-state index contributed by atoms with van der Waals surface area (Å²) >= 11 is 2.64. The molecule has 29 heavy (non-hydrogen) atoms. The maximum Gasteiger partial charge on any atom is 0.263 e. The highest BCUT2D eigenvalue weighted by Crippen LogP contribution is 2.20. The first-order chi connectivity index (χ1) is 14.0. The van der Waals surface area contributed by atoms with Gasteiger partial charge < -0.3 is 5.32 Å². The van der Waals surface area contributed by atoms with Crippen LogP contribution in [0.25, 0.3) is 0 Å². The van der Waals surface area contributed by atoms with Gasteiger partial charge in [0.1, 0.15) is 0 Å². The predicted octanol–water partition coefficient (Wildman–Crippen LogP) is 3.69. The van der Waals surface area contributed by atoms with E-state index in [2.05, 4.69) is 21.1 Å². The van der Waals surface area contributed by atoms with E-state index in [9.17, 15) is 13.2 Å². The third-order valence-corrected chi connectivity index (χ3v) is 6.86. The number of rotatable bonds is 8. The van der Waals surface area contributed by atoms with E-state index in [0.29, 0.717) is 22.1 Å². The molecule has 0 fully saturated rings. The van der Waals surface area contributed by atoms with Crippen LogP contribution >= 0.6 is 23.1 Å². The zero-order valence-corrected chi connectivity index (χ0v) is 17.5. The van der Waals surface area contributed by atoms with Crippen LogP contribution in [0.1, 0.15) is 11.1 Å². The van der Waals surface area contributed by atoms with Gasteiger partial charge >= 0.3 is 0 Å². The number of nitriles is 1. The summed E-state index contributed by atoms with van der Waals surface area (Å²) in [4.78, 5) is 16.1. The molecule has 3 aromatic rings. The van der Waals surface area contributed by atoms with E-state index in [0.717, 1.165) is 5.56 Å². The van der Waals surface area contributed by atoms with Gasteiger partial charge in [0, 0.05) is 23.0 Å². The number of carbonyl (C=O) groups is 1. The third-order valence-electron chi connectivity index (χ3n) is 3.69. The molecule has 7 nitrogen and oxygen atoms in total. The maximum atomic E-state index is 12.3. The van der Waals surface area contributed by atoms with E-state index in [1.807, 2.05) is 12.1 Å². The molecular weight excluding hydrogens is 428 g/mol. The topological polar surface area (TPSA) is 112 Å². The van der Waals surface area contributed by atoms with Crippen molar-refractivity contribution in [2.24, 2.45) is 0 Å². The Morgan fingerprint density at radius 1 is 1.14 bits per heavy atom. The SMILES string of the molecule is N#Cc1ccc(CSCC(=O)Nc2ccc(S(=O)(=O)Nc3nccs3)cc2)cc1. The lowest BCUT2D eigenvalue weighted by atomic mass is 10.2. The molecule has 0 saturated heterocycles. The van der Waals surface area contributed by atoms with Gasteiger partial charge in [-0.2, -0.15) is 5.26 Å². The highest BCUT2D eigenvalue weighted by atomic mass is 32.2. The second-order valence-electron chi connectivity index (χ2n) is 5.82. The summed E-state index contributed by atoms with van der Waals surface area (Å²) in [7, 11) is -3.72. The molecule has 3 rings (SSSR count). The minimum absolute atomic E-state index is 0.0842. The summed E-state index contributed by atoms with van der Waals surface area (Å²) in [6.07, 6.45) is 1.51. The molecule has 2 N–H and O–H groups in total. The summed E-state index contributed by atoms with van der Waals surface area (Å²) in [5.74, 6) is 0.727. The van der Waals surface area contributed by atoms with Crippen molar-refractivity contribution in [3.8, 4) is 6.07 Å². The molecule has 0 aliphatic carbocycles. The standard InChI is InChI=1S/C19H16N4O3S3/c20-11-14-1-3-15(4-2-14)12-27-13-18(24)22-16-5-7-17(8-6-16)29(25,26)23-19-21-9-10-28-19/h1-10H,12-13H2,(H,21,23)(H,22,24). The Morgan fingerprint density at radius 3 is 2.48 bits per heavy atom. The van der Waals surface area contributed by atoms with Crippen LogP contribution in [0.4, 0.5) is 10.8 Å². The van der Waals surface area contributed by atoms with E-state index >= 15 is 0 Å². The highest BCUT2D eigenvalue weighted by molar-refractivity contribution is 7.99. The van der Waals surface area contributed by atoms with Crippen LogP contribution in [-0.2, 0) is 20.6 Å². The minimum Gasteiger partial charge on any atom is -0.325 e. The molecule has 0 unspecified atom stereocenters. The summed E-state index contributed by atoms with van der Waals surface area (Å²) < 4.78 is 27.0. The summed E-state index contributed by atoms with van der Waals surface area (Å²) in [6, 6.07) is 15.2. The molecule has 0 saturated carbocycles. The molecular formula is C19H16N4O3S3. The van der Waals surface area contributed by atoms with Gasteiger partial charge in [-0.25, -0.2) is 13.4 Å². The smallest absolute Gasteiger partial charge is 0.263 e. The van der Waals surface area contributed by atoms with Gasteiger partial charge in [0.25, 0.3) is 10.0 Å². The number of amides is 1. The lowest BCUT2D eigenvalue weighted by Crippen LogP contribution is -2.15. The van der Waals surface area contributed by atoms with Crippen molar-refractivity contribution in [1.82, 2.24) is 4.98 Å². The number of thiazole rings is 1. The van der Waals surface area contributed by atoms with Crippen molar-refractivity contribution in [3.63, 3.8) is 0 Å². The molecule has 10 heteroatoms. The van der Waals surface area contributed by atoms with Gasteiger partial charge in [-0.05, 0) is 42.0 Å². The van der Waals surface area contributed by atoms with Crippen LogP contribution in [0.3, 0.4) is 0 Å². The molecule has 0 aliphatic heterocycles. The Kier molecular flexibility index (Phi) is 6.87. The van der Waals surface area contributed by atoms with Crippen molar-refractivity contribution in [1.29, 1.82) is 5.26 Å². The fourth-order valence-corrected chi connectivity index (χ4v) is 4.88. The summed E-state index contributed by atoms with van der Waals surface area (Å²) in [5.41, 5.74) is 2.15. The van der Waals surface area contributed by atoms with Crippen LogP contribution in [-0.4, -0.2) is 25.1 Å². The quantitative estimate of drug-likeness (QED) is 0.548. The number of nitrogens with one attached hydrogen (secondary N) is 2. The third kappa shape index (κ3) is 6.05. The number of hydrogen-bond acceptors (Lipinski definition) is 7. The van der Waals surface area contributed by atoms with Crippen LogP contribution in [0.2, 0.25) is 0 Å². The largest absolute Gasteiger partial charge is 0.325 e. The van der Waals surface area contributed by atoms with Crippen LogP contribution in [0.15, 0.2) is 65.0 Å². The van der Waals surface area contributed by atoms with Crippen molar-refractivity contribution >= 4 is 49.8 Å².